The molecule has 94 valence electrons. The number of nitrogens with two attached hydrogens (primary N) is 1. The lowest BCUT2D eigenvalue weighted by Gasteiger charge is -2.33. The smallest absolute Gasteiger partial charge is 0.124 e. The molecule has 3 heteroatoms. The summed E-state index contributed by atoms with van der Waals surface area (Å²) < 4.78 is 19.0. The second kappa shape index (κ2) is 4.30. The largest absolute Gasteiger partial charge is 0.490 e. The number of fused-ring (bicyclic) bond motifs is 1. The van der Waals surface area contributed by atoms with Gasteiger partial charge in [-0.25, -0.2) is 4.39 Å². The molecule has 1 aliphatic rings. The van der Waals surface area contributed by atoms with Crippen LogP contribution in [0.4, 0.5) is 4.39 Å². The first-order chi connectivity index (χ1) is 7.85. The molecule has 0 saturated heterocycles. The summed E-state index contributed by atoms with van der Waals surface area (Å²) in [6.45, 7) is 6.55. The molecule has 0 bridgehead atoms. The van der Waals surface area contributed by atoms with Crippen LogP contribution in [0.5, 0.6) is 5.75 Å². The fraction of sp³-hybridized carbons (Fsp3) is 0.571. The van der Waals surface area contributed by atoms with E-state index in [1.165, 1.54) is 12.1 Å². The van der Waals surface area contributed by atoms with Gasteiger partial charge in [0.05, 0.1) is 0 Å². The van der Waals surface area contributed by atoms with Crippen LogP contribution in [0.25, 0.3) is 0 Å². The summed E-state index contributed by atoms with van der Waals surface area (Å²) in [5, 5.41) is 0. The minimum absolute atomic E-state index is 0.123. The molecule has 2 rings (SSSR count). The maximum Gasteiger partial charge on any atom is 0.124 e. The van der Waals surface area contributed by atoms with E-state index in [4.69, 9.17) is 10.5 Å². The van der Waals surface area contributed by atoms with Gasteiger partial charge in [-0.3, -0.25) is 0 Å². The summed E-state index contributed by atoms with van der Waals surface area (Å²) in [5.41, 5.74) is 7.08. The van der Waals surface area contributed by atoms with Crippen LogP contribution in [0.15, 0.2) is 18.2 Å². The van der Waals surface area contributed by atoms with Crippen molar-refractivity contribution in [3.63, 3.8) is 0 Å². The Morgan fingerprint density at radius 2 is 2.12 bits per heavy atom. The number of benzene rings is 1. The predicted molar refractivity (Wildman–Crippen MR) is 66.4 cm³/mol. The topological polar surface area (TPSA) is 35.2 Å². The first-order valence-electron chi connectivity index (χ1n) is 6.07. The van der Waals surface area contributed by atoms with E-state index < -0.39 is 0 Å². The second-order valence-corrected chi connectivity index (χ2v) is 6.03. The molecule has 2 nitrogen and oxygen atoms in total. The van der Waals surface area contributed by atoms with E-state index in [0.717, 1.165) is 24.2 Å². The van der Waals surface area contributed by atoms with Crippen molar-refractivity contribution >= 4 is 0 Å². The molecule has 1 aliphatic heterocycles. The van der Waals surface area contributed by atoms with Gasteiger partial charge in [0.15, 0.2) is 0 Å². The molecule has 0 aromatic heterocycles. The Bertz CT molecular complexity index is 411. The Kier molecular flexibility index (Phi) is 3.13. The van der Waals surface area contributed by atoms with Gasteiger partial charge in [-0.1, -0.05) is 20.8 Å². The molecule has 0 amide bonds. The Morgan fingerprint density at radius 3 is 2.76 bits per heavy atom. The molecule has 1 unspecified atom stereocenters. The van der Waals surface area contributed by atoms with Crippen molar-refractivity contribution in [2.24, 2.45) is 11.1 Å². The van der Waals surface area contributed by atoms with Crippen LogP contribution in [0, 0.1) is 11.2 Å². The molecule has 0 fully saturated rings. The number of hydrogen-bond donors (Lipinski definition) is 1. The number of ether oxygens (including phenoxy) is 1. The van der Waals surface area contributed by atoms with E-state index in [1.807, 2.05) is 0 Å². The fourth-order valence-corrected chi connectivity index (χ4v) is 2.36. The van der Waals surface area contributed by atoms with Gasteiger partial charge in [0.25, 0.3) is 0 Å². The van der Waals surface area contributed by atoms with Gasteiger partial charge in [-0.2, -0.15) is 0 Å². The number of halogens is 1. The van der Waals surface area contributed by atoms with Crippen molar-refractivity contribution in [2.75, 3.05) is 0 Å². The summed E-state index contributed by atoms with van der Waals surface area (Å²) in [4.78, 5) is 0. The molecule has 0 spiro atoms. The molecule has 1 aromatic rings. The molecule has 2 N–H and O–H groups in total. The highest BCUT2D eigenvalue weighted by atomic mass is 19.1. The van der Waals surface area contributed by atoms with E-state index in [0.29, 0.717) is 0 Å². The minimum atomic E-state index is -0.253. The molecule has 0 saturated carbocycles. The van der Waals surface area contributed by atoms with Gasteiger partial charge >= 0.3 is 0 Å². The molecule has 0 radical (unpaired) electrons. The van der Waals surface area contributed by atoms with Crippen molar-refractivity contribution in [1.82, 2.24) is 0 Å². The standard InChI is InChI=1S/C14H20FNO/c1-14(2,3)8-10-7-12(16)11-6-9(15)4-5-13(11)17-10/h4-6,10,12H,7-8,16H2,1-3H3/t10?,12-/m0/s1. The van der Waals surface area contributed by atoms with Crippen molar-refractivity contribution in [1.29, 1.82) is 0 Å². The van der Waals surface area contributed by atoms with E-state index in [9.17, 15) is 4.39 Å². The van der Waals surface area contributed by atoms with Crippen LogP contribution in [0.3, 0.4) is 0 Å². The lowest BCUT2D eigenvalue weighted by atomic mass is 9.85. The quantitative estimate of drug-likeness (QED) is 0.812. The van der Waals surface area contributed by atoms with Crippen LogP contribution < -0.4 is 10.5 Å². The molecule has 0 aliphatic carbocycles. The summed E-state index contributed by atoms with van der Waals surface area (Å²) >= 11 is 0. The third-order valence-electron chi connectivity index (χ3n) is 3.02. The molecular formula is C14H20FNO. The molecule has 1 heterocycles. The first kappa shape index (κ1) is 12.4. The predicted octanol–water partition coefficient (Wildman–Crippen LogP) is 3.41. The SMILES string of the molecule is CC(C)(C)CC1C[C@H](N)c2cc(F)ccc2O1. The zero-order chi connectivity index (χ0) is 12.6. The monoisotopic (exact) mass is 237 g/mol. The number of hydrogen-bond acceptors (Lipinski definition) is 2. The zero-order valence-electron chi connectivity index (χ0n) is 10.7. The maximum absolute atomic E-state index is 13.1. The van der Waals surface area contributed by atoms with Crippen molar-refractivity contribution in [2.45, 2.75) is 45.8 Å². The summed E-state index contributed by atoms with van der Waals surface area (Å²) in [7, 11) is 0. The lowest BCUT2D eigenvalue weighted by Crippen LogP contribution is -2.32. The van der Waals surface area contributed by atoms with Gasteiger partial charge < -0.3 is 10.5 Å². The van der Waals surface area contributed by atoms with Crippen molar-refractivity contribution in [3.05, 3.63) is 29.6 Å². The third-order valence-corrected chi connectivity index (χ3v) is 3.02. The normalized spacial score (nSPS) is 24.1. The van der Waals surface area contributed by atoms with E-state index >= 15 is 0 Å². The Hall–Kier alpha value is -1.09. The Balaban J connectivity index is 2.19. The molecule has 17 heavy (non-hydrogen) atoms. The molecule has 1 aromatic carbocycles. The average Bonchev–Trinajstić information content (AvgIpc) is 2.17. The molecule has 2 atom stereocenters. The van der Waals surface area contributed by atoms with Crippen molar-refractivity contribution in [3.8, 4) is 5.75 Å². The number of rotatable bonds is 1. The van der Waals surface area contributed by atoms with Gasteiger partial charge in [-0.05, 0) is 30.0 Å². The highest BCUT2D eigenvalue weighted by Crippen LogP contribution is 2.37. The Morgan fingerprint density at radius 1 is 1.41 bits per heavy atom. The van der Waals surface area contributed by atoms with E-state index in [1.54, 1.807) is 6.07 Å². The first-order valence-corrected chi connectivity index (χ1v) is 6.07. The second-order valence-electron chi connectivity index (χ2n) is 6.03. The summed E-state index contributed by atoms with van der Waals surface area (Å²) in [6, 6.07) is 4.46. The molecular weight excluding hydrogens is 217 g/mol. The summed E-state index contributed by atoms with van der Waals surface area (Å²) in [6.07, 6.45) is 1.84. The van der Waals surface area contributed by atoms with Gasteiger partial charge in [0.2, 0.25) is 0 Å². The maximum atomic E-state index is 13.1. The van der Waals surface area contributed by atoms with Crippen LogP contribution in [0.1, 0.15) is 45.2 Å². The highest BCUT2D eigenvalue weighted by Gasteiger charge is 2.29. The van der Waals surface area contributed by atoms with Crippen LogP contribution in [0.2, 0.25) is 0 Å². The van der Waals surface area contributed by atoms with Gasteiger partial charge in [-0.15, -0.1) is 0 Å². The van der Waals surface area contributed by atoms with E-state index in [-0.39, 0.29) is 23.4 Å². The zero-order valence-corrected chi connectivity index (χ0v) is 10.7. The van der Waals surface area contributed by atoms with Crippen LogP contribution >= 0.6 is 0 Å². The van der Waals surface area contributed by atoms with Gasteiger partial charge in [0.1, 0.15) is 17.7 Å². The fourth-order valence-electron chi connectivity index (χ4n) is 2.36. The highest BCUT2D eigenvalue weighted by molar-refractivity contribution is 5.38. The third kappa shape index (κ3) is 2.97. The lowest BCUT2D eigenvalue weighted by molar-refractivity contribution is 0.112. The minimum Gasteiger partial charge on any atom is -0.490 e. The van der Waals surface area contributed by atoms with Crippen LogP contribution in [-0.4, -0.2) is 6.10 Å². The summed E-state index contributed by atoms with van der Waals surface area (Å²) in [5.74, 6) is 0.483. The van der Waals surface area contributed by atoms with Gasteiger partial charge in [0, 0.05) is 18.0 Å². The van der Waals surface area contributed by atoms with Crippen molar-refractivity contribution < 1.29 is 9.13 Å². The average molecular weight is 237 g/mol. The van der Waals surface area contributed by atoms with Crippen LogP contribution in [-0.2, 0) is 0 Å². The Labute approximate surface area is 102 Å². The van der Waals surface area contributed by atoms with E-state index in [2.05, 4.69) is 20.8 Å².